The van der Waals surface area contributed by atoms with Crippen LogP contribution in [0, 0.1) is 28.6 Å². The normalized spacial score (nSPS) is 40.6. The van der Waals surface area contributed by atoms with Gasteiger partial charge in [-0.05, 0) is 43.4 Å². The number of hydrogen-bond acceptors (Lipinski definition) is 1. The molecule has 3 rings (SSSR count). The summed E-state index contributed by atoms with van der Waals surface area (Å²) in [7, 11) is 0. The molecule has 4 atom stereocenters. The fourth-order valence-corrected chi connectivity index (χ4v) is 5.36. The van der Waals surface area contributed by atoms with Crippen molar-refractivity contribution >= 4 is 5.78 Å². The molecule has 3 aliphatic carbocycles. The van der Waals surface area contributed by atoms with Crippen molar-refractivity contribution in [2.24, 2.45) is 28.6 Å². The van der Waals surface area contributed by atoms with Crippen molar-refractivity contribution in [2.75, 3.05) is 0 Å². The minimum Gasteiger partial charge on any atom is -0.298 e. The number of allylic oxidation sites excluding steroid dienone is 5. The van der Waals surface area contributed by atoms with Crippen LogP contribution in [0.15, 0.2) is 50.1 Å². The third kappa shape index (κ3) is 1.24. The fraction of sp³-hybridized carbons (Fsp3) is 0.500. The monoisotopic (exact) mass is 254 g/mol. The standard InChI is InChI=1S/C18H22O/c1-4-9-17(10-5-2)15-13-7-8-14(12-13)18(15,11-6-3)16(17)19/h4-8,13-15H,1-3,9-12H2/t13?,14?,15-,18-/m1/s1. The first-order valence-corrected chi connectivity index (χ1v) is 7.23. The van der Waals surface area contributed by atoms with E-state index in [0.29, 0.717) is 23.5 Å². The van der Waals surface area contributed by atoms with Crippen LogP contribution in [-0.2, 0) is 4.79 Å². The van der Waals surface area contributed by atoms with E-state index >= 15 is 0 Å². The van der Waals surface area contributed by atoms with Gasteiger partial charge in [-0.3, -0.25) is 4.79 Å². The summed E-state index contributed by atoms with van der Waals surface area (Å²) >= 11 is 0. The number of carbonyl (C=O) groups excluding carboxylic acids is 1. The van der Waals surface area contributed by atoms with Gasteiger partial charge in [-0.1, -0.05) is 30.4 Å². The van der Waals surface area contributed by atoms with E-state index in [1.54, 1.807) is 0 Å². The highest BCUT2D eigenvalue weighted by atomic mass is 16.1. The number of Topliss-reactive ketones (excluding diaryl/α,β-unsaturated/α-hetero) is 1. The lowest BCUT2D eigenvalue weighted by atomic mass is 9.39. The molecule has 1 heteroatoms. The summed E-state index contributed by atoms with van der Waals surface area (Å²) in [5, 5.41) is 0. The van der Waals surface area contributed by atoms with Crippen LogP contribution in [-0.4, -0.2) is 5.78 Å². The van der Waals surface area contributed by atoms with Crippen molar-refractivity contribution in [1.82, 2.24) is 0 Å². The Kier molecular flexibility index (Phi) is 2.70. The largest absolute Gasteiger partial charge is 0.298 e. The lowest BCUT2D eigenvalue weighted by Gasteiger charge is -2.62. The summed E-state index contributed by atoms with van der Waals surface area (Å²) in [4.78, 5) is 13.1. The molecule has 2 saturated carbocycles. The van der Waals surface area contributed by atoms with E-state index in [4.69, 9.17) is 0 Å². The van der Waals surface area contributed by atoms with E-state index < -0.39 is 0 Å². The molecule has 0 saturated heterocycles. The Balaban J connectivity index is 2.06. The summed E-state index contributed by atoms with van der Waals surface area (Å²) in [6.07, 6.45) is 13.9. The van der Waals surface area contributed by atoms with E-state index in [2.05, 4.69) is 31.9 Å². The molecule has 0 radical (unpaired) electrons. The number of rotatable bonds is 6. The van der Waals surface area contributed by atoms with Gasteiger partial charge in [-0.25, -0.2) is 0 Å². The van der Waals surface area contributed by atoms with E-state index in [1.807, 2.05) is 18.2 Å². The van der Waals surface area contributed by atoms with E-state index in [1.165, 1.54) is 0 Å². The van der Waals surface area contributed by atoms with Gasteiger partial charge in [-0.2, -0.15) is 0 Å². The van der Waals surface area contributed by atoms with Crippen LogP contribution in [0.25, 0.3) is 0 Å². The first kappa shape index (κ1) is 12.7. The first-order chi connectivity index (χ1) is 9.17. The van der Waals surface area contributed by atoms with Crippen molar-refractivity contribution in [1.29, 1.82) is 0 Å². The van der Waals surface area contributed by atoms with Gasteiger partial charge in [0.1, 0.15) is 5.78 Å². The number of carbonyl (C=O) groups is 1. The van der Waals surface area contributed by atoms with Crippen molar-refractivity contribution in [2.45, 2.75) is 25.7 Å². The quantitative estimate of drug-likeness (QED) is 0.652. The summed E-state index contributed by atoms with van der Waals surface area (Å²) in [5.74, 6) is 1.93. The third-order valence-corrected chi connectivity index (χ3v) is 5.73. The maximum Gasteiger partial charge on any atom is 0.147 e. The van der Waals surface area contributed by atoms with Gasteiger partial charge in [0.05, 0.1) is 0 Å². The van der Waals surface area contributed by atoms with Crippen LogP contribution in [0.3, 0.4) is 0 Å². The Hall–Kier alpha value is -1.37. The zero-order chi connectivity index (χ0) is 13.7. The maximum absolute atomic E-state index is 13.1. The van der Waals surface area contributed by atoms with Gasteiger partial charge in [0, 0.05) is 10.8 Å². The minimum atomic E-state index is -0.226. The van der Waals surface area contributed by atoms with Crippen LogP contribution in [0.2, 0.25) is 0 Å². The maximum atomic E-state index is 13.1. The van der Waals surface area contributed by atoms with Crippen LogP contribution in [0.1, 0.15) is 25.7 Å². The van der Waals surface area contributed by atoms with E-state index in [-0.39, 0.29) is 10.8 Å². The average molecular weight is 254 g/mol. The molecule has 0 aliphatic heterocycles. The lowest BCUT2D eigenvalue weighted by molar-refractivity contribution is -0.177. The molecule has 2 unspecified atom stereocenters. The number of hydrogen-bond donors (Lipinski definition) is 0. The van der Waals surface area contributed by atoms with Crippen LogP contribution in [0.4, 0.5) is 0 Å². The molecule has 2 fully saturated rings. The van der Waals surface area contributed by atoms with Crippen molar-refractivity contribution in [3.8, 4) is 0 Å². The Labute approximate surface area is 115 Å². The lowest BCUT2D eigenvalue weighted by Crippen LogP contribution is -2.66. The zero-order valence-electron chi connectivity index (χ0n) is 11.5. The predicted molar refractivity (Wildman–Crippen MR) is 78.5 cm³/mol. The highest BCUT2D eigenvalue weighted by Crippen LogP contribution is 2.74. The molecule has 0 heterocycles. The van der Waals surface area contributed by atoms with Gasteiger partial charge in [-0.15, -0.1) is 19.7 Å². The summed E-state index contributed by atoms with van der Waals surface area (Å²) in [6, 6.07) is 0. The van der Waals surface area contributed by atoms with Gasteiger partial charge in [0.25, 0.3) is 0 Å². The number of fused-ring (bicyclic) bond motifs is 5. The average Bonchev–Trinajstić information content (AvgIpc) is 2.96. The molecular formula is C18H22O. The molecule has 1 nitrogen and oxygen atoms in total. The second-order valence-corrected chi connectivity index (χ2v) is 6.37. The molecule has 2 bridgehead atoms. The van der Waals surface area contributed by atoms with Crippen LogP contribution < -0.4 is 0 Å². The topological polar surface area (TPSA) is 17.1 Å². The summed E-state index contributed by atoms with van der Waals surface area (Å²) in [5.41, 5.74) is -0.371. The first-order valence-electron chi connectivity index (χ1n) is 7.23. The predicted octanol–water partition coefficient (Wildman–Crippen LogP) is 4.09. The van der Waals surface area contributed by atoms with Gasteiger partial charge < -0.3 is 0 Å². The van der Waals surface area contributed by atoms with Crippen molar-refractivity contribution in [3.63, 3.8) is 0 Å². The van der Waals surface area contributed by atoms with Crippen molar-refractivity contribution < 1.29 is 4.79 Å². The Morgan fingerprint density at radius 2 is 1.74 bits per heavy atom. The third-order valence-electron chi connectivity index (χ3n) is 5.73. The summed E-state index contributed by atoms with van der Waals surface area (Å²) in [6.45, 7) is 11.6. The Bertz CT molecular complexity index is 474. The van der Waals surface area contributed by atoms with Gasteiger partial charge >= 0.3 is 0 Å². The molecular weight excluding hydrogens is 232 g/mol. The second kappa shape index (κ2) is 4.06. The molecule has 100 valence electrons. The highest BCUT2D eigenvalue weighted by Gasteiger charge is 2.76. The second-order valence-electron chi connectivity index (χ2n) is 6.37. The van der Waals surface area contributed by atoms with E-state index in [9.17, 15) is 4.79 Å². The van der Waals surface area contributed by atoms with Gasteiger partial charge in [0.15, 0.2) is 0 Å². The van der Waals surface area contributed by atoms with Crippen LogP contribution >= 0.6 is 0 Å². The molecule has 3 aliphatic rings. The molecule has 19 heavy (non-hydrogen) atoms. The van der Waals surface area contributed by atoms with E-state index in [0.717, 1.165) is 25.7 Å². The zero-order valence-corrected chi connectivity index (χ0v) is 11.5. The summed E-state index contributed by atoms with van der Waals surface area (Å²) < 4.78 is 0. The Morgan fingerprint density at radius 1 is 1.11 bits per heavy atom. The molecule has 0 aromatic rings. The highest BCUT2D eigenvalue weighted by molar-refractivity contribution is 5.99. The molecule has 0 aromatic heterocycles. The minimum absolute atomic E-state index is 0.146. The SMILES string of the molecule is C=CCC1(CC=C)C(=O)[C@]2(CC=C)C3C=CC(C3)[C@H]12. The molecule has 0 aromatic carbocycles. The Morgan fingerprint density at radius 3 is 2.32 bits per heavy atom. The smallest absolute Gasteiger partial charge is 0.147 e. The fourth-order valence-electron chi connectivity index (χ4n) is 5.36. The van der Waals surface area contributed by atoms with Gasteiger partial charge in [0.2, 0.25) is 0 Å². The molecule has 0 amide bonds. The molecule has 0 N–H and O–H groups in total. The van der Waals surface area contributed by atoms with Crippen molar-refractivity contribution in [3.05, 3.63) is 50.1 Å². The van der Waals surface area contributed by atoms with Crippen LogP contribution in [0.5, 0.6) is 0 Å². The number of ketones is 1. The molecule has 0 spiro atoms.